The summed E-state index contributed by atoms with van der Waals surface area (Å²) in [7, 11) is 0. The lowest BCUT2D eigenvalue weighted by molar-refractivity contribution is -0.384. The minimum Gasteiger partial charge on any atom is -0.352 e. The van der Waals surface area contributed by atoms with Crippen molar-refractivity contribution >= 4 is 23.2 Å². The number of hydrogen-bond donors (Lipinski definition) is 2. The molecule has 24 heavy (non-hydrogen) atoms. The number of nitro benzene ring substituents is 1. The molecule has 0 aromatic heterocycles. The molecule has 0 aliphatic carbocycles. The van der Waals surface area contributed by atoms with Crippen molar-refractivity contribution in [3.8, 4) is 0 Å². The number of hydrogen-bond acceptors (Lipinski definition) is 5. The number of aryl methyl sites for hydroxylation is 1. The number of non-ortho nitro benzene ring substituents is 1. The first kappa shape index (κ1) is 17.9. The molecule has 130 valence electrons. The van der Waals surface area contributed by atoms with Gasteiger partial charge in [-0.1, -0.05) is 0 Å². The molecule has 2 N–H and O–H groups in total. The molecule has 1 aliphatic heterocycles. The van der Waals surface area contributed by atoms with Crippen molar-refractivity contribution in [1.29, 1.82) is 0 Å². The Morgan fingerprint density at radius 1 is 1.42 bits per heavy atom. The van der Waals surface area contributed by atoms with Crippen molar-refractivity contribution in [1.82, 2.24) is 10.2 Å². The lowest BCUT2D eigenvalue weighted by Gasteiger charge is -2.32. The quantitative estimate of drug-likeness (QED) is 0.626. The number of nitro groups is 1. The molecule has 1 aromatic carbocycles. The number of likely N-dealkylation sites (tertiary alicyclic amines) is 1. The summed E-state index contributed by atoms with van der Waals surface area (Å²) < 4.78 is 0. The SMILES string of the molecule is CC(=O)NC1CCCN(CC(=O)Nc2ccc([N+](=O)[O-])cc2C)C1. The zero-order valence-corrected chi connectivity index (χ0v) is 13.9. The molecule has 1 aliphatic rings. The van der Waals surface area contributed by atoms with Gasteiger partial charge in [-0.3, -0.25) is 24.6 Å². The van der Waals surface area contributed by atoms with E-state index in [0.29, 0.717) is 17.8 Å². The normalized spacial score (nSPS) is 18.0. The summed E-state index contributed by atoms with van der Waals surface area (Å²) in [5.41, 5.74) is 1.22. The zero-order chi connectivity index (χ0) is 17.7. The van der Waals surface area contributed by atoms with Crippen LogP contribution in [0.25, 0.3) is 0 Å². The monoisotopic (exact) mass is 334 g/mol. The van der Waals surface area contributed by atoms with Gasteiger partial charge in [-0.15, -0.1) is 0 Å². The van der Waals surface area contributed by atoms with Gasteiger partial charge in [-0.2, -0.15) is 0 Å². The van der Waals surface area contributed by atoms with Crippen molar-refractivity contribution in [2.24, 2.45) is 0 Å². The number of piperidine rings is 1. The predicted octanol–water partition coefficient (Wildman–Crippen LogP) is 1.44. The Kier molecular flexibility index (Phi) is 5.86. The summed E-state index contributed by atoms with van der Waals surface area (Å²) in [5, 5.41) is 16.4. The van der Waals surface area contributed by atoms with Gasteiger partial charge in [-0.05, 0) is 37.9 Å². The van der Waals surface area contributed by atoms with Crippen LogP contribution in [0, 0.1) is 17.0 Å². The Labute approximate surface area is 140 Å². The maximum Gasteiger partial charge on any atom is 0.269 e. The third-order valence-corrected chi connectivity index (χ3v) is 3.98. The summed E-state index contributed by atoms with van der Waals surface area (Å²) in [4.78, 5) is 35.6. The first-order valence-corrected chi connectivity index (χ1v) is 7.89. The fraction of sp³-hybridized carbons (Fsp3) is 0.500. The minimum absolute atomic E-state index is 0.000298. The van der Waals surface area contributed by atoms with E-state index in [2.05, 4.69) is 10.6 Å². The van der Waals surface area contributed by atoms with E-state index in [1.54, 1.807) is 13.0 Å². The van der Waals surface area contributed by atoms with Crippen LogP contribution in [0.3, 0.4) is 0 Å². The Morgan fingerprint density at radius 3 is 2.79 bits per heavy atom. The average molecular weight is 334 g/mol. The molecule has 2 amide bonds. The van der Waals surface area contributed by atoms with Crippen molar-refractivity contribution in [3.05, 3.63) is 33.9 Å². The number of rotatable bonds is 5. The second kappa shape index (κ2) is 7.87. The maximum atomic E-state index is 12.2. The van der Waals surface area contributed by atoms with E-state index < -0.39 is 4.92 Å². The third-order valence-electron chi connectivity index (χ3n) is 3.98. The highest BCUT2D eigenvalue weighted by atomic mass is 16.6. The average Bonchev–Trinajstić information content (AvgIpc) is 2.48. The number of nitrogens with one attached hydrogen (secondary N) is 2. The van der Waals surface area contributed by atoms with Gasteiger partial charge in [0, 0.05) is 37.3 Å². The third kappa shape index (κ3) is 5.02. The van der Waals surface area contributed by atoms with Crippen LogP contribution in [0.4, 0.5) is 11.4 Å². The summed E-state index contributed by atoms with van der Waals surface area (Å²) in [6, 6.07) is 4.42. The molecule has 8 heteroatoms. The molecule has 1 unspecified atom stereocenters. The standard InChI is InChI=1S/C16H22N4O4/c1-11-8-14(20(23)24)5-6-15(11)18-16(22)10-19-7-3-4-13(9-19)17-12(2)21/h5-6,8,13H,3-4,7,9-10H2,1-2H3,(H,17,21)(H,18,22). The van der Waals surface area contributed by atoms with Crippen molar-refractivity contribution in [2.45, 2.75) is 32.7 Å². The molecule has 8 nitrogen and oxygen atoms in total. The van der Waals surface area contributed by atoms with Crippen molar-refractivity contribution in [2.75, 3.05) is 25.0 Å². The van der Waals surface area contributed by atoms with Gasteiger partial charge in [0.2, 0.25) is 11.8 Å². The number of nitrogens with zero attached hydrogens (tertiary/aromatic N) is 2. The van der Waals surface area contributed by atoms with Gasteiger partial charge in [0.15, 0.2) is 0 Å². The molecule has 1 heterocycles. The Morgan fingerprint density at radius 2 is 2.17 bits per heavy atom. The molecule has 1 atom stereocenters. The molecule has 0 bridgehead atoms. The molecule has 0 saturated carbocycles. The minimum atomic E-state index is -0.464. The van der Waals surface area contributed by atoms with E-state index in [0.717, 1.165) is 19.4 Å². The van der Waals surface area contributed by atoms with E-state index in [1.807, 2.05) is 4.90 Å². The smallest absolute Gasteiger partial charge is 0.269 e. The number of benzene rings is 1. The van der Waals surface area contributed by atoms with Crippen LogP contribution < -0.4 is 10.6 Å². The van der Waals surface area contributed by atoms with Gasteiger partial charge >= 0.3 is 0 Å². The summed E-state index contributed by atoms with van der Waals surface area (Å²) >= 11 is 0. The van der Waals surface area contributed by atoms with E-state index >= 15 is 0 Å². The first-order chi connectivity index (χ1) is 11.3. The highest BCUT2D eigenvalue weighted by Gasteiger charge is 2.22. The van der Waals surface area contributed by atoms with E-state index in [-0.39, 0.29) is 30.1 Å². The molecular formula is C16H22N4O4. The largest absolute Gasteiger partial charge is 0.352 e. The van der Waals surface area contributed by atoms with E-state index in [9.17, 15) is 19.7 Å². The highest BCUT2D eigenvalue weighted by Crippen LogP contribution is 2.21. The number of carbonyl (C=O) groups is 2. The highest BCUT2D eigenvalue weighted by molar-refractivity contribution is 5.93. The fourth-order valence-corrected chi connectivity index (χ4v) is 2.90. The predicted molar refractivity (Wildman–Crippen MR) is 89.7 cm³/mol. The number of amides is 2. The second-order valence-electron chi connectivity index (χ2n) is 6.08. The zero-order valence-electron chi connectivity index (χ0n) is 13.9. The van der Waals surface area contributed by atoms with Gasteiger partial charge in [0.05, 0.1) is 11.5 Å². The molecule has 1 saturated heterocycles. The van der Waals surface area contributed by atoms with Gasteiger partial charge in [0.1, 0.15) is 0 Å². The fourth-order valence-electron chi connectivity index (χ4n) is 2.90. The first-order valence-electron chi connectivity index (χ1n) is 7.89. The molecule has 1 fully saturated rings. The molecule has 2 rings (SSSR count). The van der Waals surface area contributed by atoms with E-state index in [4.69, 9.17) is 0 Å². The summed E-state index contributed by atoms with van der Waals surface area (Å²) in [6.45, 7) is 4.89. The molecular weight excluding hydrogens is 312 g/mol. The second-order valence-corrected chi connectivity index (χ2v) is 6.08. The molecule has 0 radical (unpaired) electrons. The van der Waals surface area contributed by atoms with Crippen LogP contribution in [0.1, 0.15) is 25.3 Å². The Bertz CT molecular complexity index is 647. The van der Waals surface area contributed by atoms with Gasteiger partial charge < -0.3 is 10.6 Å². The maximum absolute atomic E-state index is 12.2. The van der Waals surface area contributed by atoms with Crippen molar-refractivity contribution < 1.29 is 14.5 Å². The Hall–Kier alpha value is -2.48. The summed E-state index contributed by atoms with van der Waals surface area (Å²) in [6.07, 6.45) is 1.84. The lowest BCUT2D eigenvalue weighted by Crippen LogP contribution is -2.49. The van der Waals surface area contributed by atoms with Crippen molar-refractivity contribution in [3.63, 3.8) is 0 Å². The van der Waals surface area contributed by atoms with Gasteiger partial charge in [0.25, 0.3) is 5.69 Å². The number of carbonyl (C=O) groups excluding carboxylic acids is 2. The van der Waals surface area contributed by atoms with Crippen LogP contribution in [-0.2, 0) is 9.59 Å². The number of anilines is 1. The van der Waals surface area contributed by atoms with Crippen LogP contribution in [0.15, 0.2) is 18.2 Å². The van der Waals surface area contributed by atoms with Crippen LogP contribution in [0.5, 0.6) is 0 Å². The van der Waals surface area contributed by atoms with Gasteiger partial charge in [-0.25, -0.2) is 0 Å². The topological polar surface area (TPSA) is 105 Å². The Balaban J connectivity index is 1.91. The van der Waals surface area contributed by atoms with Crippen LogP contribution >= 0.6 is 0 Å². The van der Waals surface area contributed by atoms with Crippen LogP contribution in [0.2, 0.25) is 0 Å². The van der Waals surface area contributed by atoms with Crippen LogP contribution in [-0.4, -0.2) is 47.3 Å². The molecule has 1 aromatic rings. The molecule has 0 spiro atoms. The van der Waals surface area contributed by atoms with E-state index in [1.165, 1.54) is 19.1 Å². The summed E-state index contributed by atoms with van der Waals surface area (Å²) in [5.74, 6) is -0.233. The lowest BCUT2D eigenvalue weighted by atomic mass is 10.1.